The molecule has 0 saturated carbocycles. The highest BCUT2D eigenvalue weighted by Crippen LogP contribution is 2.29. The van der Waals surface area contributed by atoms with Crippen molar-refractivity contribution in [2.45, 2.75) is 28.7 Å². The molecular formula is C20H21ClN2OS. The number of amides is 1. The number of nitrogens with zero attached hydrogens (tertiary/aromatic N) is 1. The van der Waals surface area contributed by atoms with Crippen LogP contribution in [0.1, 0.15) is 23.2 Å². The van der Waals surface area contributed by atoms with Crippen LogP contribution in [0.3, 0.4) is 0 Å². The number of benzene rings is 2. The molecular weight excluding hydrogens is 352 g/mol. The van der Waals surface area contributed by atoms with E-state index in [1.807, 2.05) is 48.5 Å². The zero-order chi connectivity index (χ0) is 17.2. The molecule has 5 heteroatoms. The molecule has 3 atom stereocenters. The third-order valence-electron chi connectivity index (χ3n) is 4.97. The van der Waals surface area contributed by atoms with Gasteiger partial charge in [0.2, 0.25) is 0 Å². The lowest BCUT2D eigenvalue weighted by molar-refractivity contribution is 0.0909. The first-order valence-corrected chi connectivity index (χ1v) is 9.92. The van der Waals surface area contributed by atoms with Crippen molar-refractivity contribution < 1.29 is 4.79 Å². The molecule has 3 nitrogen and oxygen atoms in total. The molecule has 25 heavy (non-hydrogen) atoms. The van der Waals surface area contributed by atoms with Gasteiger partial charge in [0.15, 0.2) is 0 Å². The average Bonchev–Trinajstić information content (AvgIpc) is 2.96. The number of carbonyl (C=O) groups is 1. The smallest absolute Gasteiger partial charge is 0.251 e. The van der Waals surface area contributed by atoms with Crippen LogP contribution in [-0.4, -0.2) is 36.5 Å². The van der Waals surface area contributed by atoms with E-state index in [2.05, 4.69) is 10.2 Å². The van der Waals surface area contributed by atoms with Crippen LogP contribution in [0.15, 0.2) is 58.3 Å². The summed E-state index contributed by atoms with van der Waals surface area (Å²) < 4.78 is 0. The lowest BCUT2D eigenvalue weighted by Gasteiger charge is -2.30. The highest BCUT2D eigenvalue weighted by atomic mass is 35.5. The highest BCUT2D eigenvalue weighted by Gasteiger charge is 2.32. The molecule has 2 aliphatic rings. The number of piperidine rings is 1. The van der Waals surface area contributed by atoms with Crippen molar-refractivity contribution >= 4 is 29.3 Å². The minimum Gasteiger partial charge on any atom is -0.348 e. The first-order chi connectivity index (χ1) is 12.2. The molecule has 130 valence electrons. The van der Waals surface area contributed by atoms with Crippen molar-refractivity contribution in [2.24, 2.45) is 5.92 Å². The van der Waals surface area contributed by atoms with Gasteiger partial charge < -0.3 is 10.2 Å². The number of hydrogen-bond acceptors (Lipinski definition) is 3. The maximum absolute atomic E-state index is 12.5. The van der Waals surface area contributed by atoms with Gasteiger partial charge in [0, 0.05) is 39.5 Å². The van der Waals surface area contributed by atoms with Crippen molar-refractivity contribution in [1.29, 1.82) is 0 Å². The largest absolute Gasteiger partial charge is 0.348 e. The predicted octanol–water partition coefficient (Wildman–Crippen LogP) is 4.32. The Kier molecular flexibility index (Phi) is 5.02. The lowest BCUT2D eigenvalue weighted by Crippen LogP contribution is -2.47. The third-order valence-corrected chi connectivity index (χ3v) is 6.24. The van der Waals surface area contributed by atoms with E-state index in [4.69, 9.17) is 11.6 Å². The Labute approximate surface area is 157 Å². The molecule has 2 fully saturated rings. The molecule has 2 bridgehead atoms. The molecule has 3 unspecified atom stereocenters. The van der Waals surface area contributed by atoms with Crippen molar-refractivity contribution in [3.8, 4) is 0 Å². The molecule has 0 radical (unpaired) electrons. The van der Waals surface area contributed by atoms with Crippen LogP contribution in [-0.2, 0) is 0 Å². The van der Waals surface area contributed by atoms with Crippen molar-refractivity contribution in [2.75, 3.05) is 19.6 Å². The van der Waals surface area contributed by atoms with Gasteiger partial charge in [0.1, 0.15) is 0 Å². The first-order valence-electron chi connectivity index (χ1n) is 8.72. The topological polar surface area (TPSA) is 32.3 Å². The van der Waals surface area contributed by atoms with E-state index in [0.29, 0.717) is 0 Å². The Morgan fingerprint density at radius 2 is 1.72 bits per heavy atom. The molecule has 0 spiro atoms. The van der Waals surface area contributed by atoms with Gasteiger partial charge >= 0.3 is 0 Å². The molecule has 0 aliphatic carbocycles. The molecule has 0 aromatic heterocycles. The molecule has 2 aromatic rings. The van der Waals surface area contributed by atoms with Gasteiger partial charge in [0.25, 0.3) is 5.91 Å². The summed E-state index contributed by atoms with van der Waals surface area (Å²) in [5, 5.41) is 3.95. The van der Waals surface area contributed by atoms with E-state index in [0.717, 1.165) is 39.3 Å². The molecule has 2 aliphatic heterocycles. The molecule has 2 saturated heterocycles. The van der Waals surface area contributed by atoms with Crippen LogP contribution in [0.25, 0.3) is 0 Å². The number of rotatable bonds is 4. The Balaban J connectivity index is 1.36. The number of nitrogens with one attached hydrogen (secondary N) is 1. The van der Waals surface area contributed by atoms with Gasteiger partial charge in [-0.3, -0.25) is 4.79 Å². The summed E-state index contributed by atoms with van der Waals surface area (Å²) in [7, 11) is 0. The second kappa shape index (κ2) is 7.40. The maximum atomic E-state index is 12.5. The fourth-order valence-corrected chi connectivity index (χ4v) is 4.69. The van der Waals surface area contributed by atoms with Crippen molar-refractivity contribution in [1.82, 2.24) is 10.2 Å². The zero-order valence-corrected chi connectivity index (χ0v) is 15.5. The molecule has 2 aromatic carbocycles. The van der Waals surface area contributed by atoms with Crippen molar-refractivity contribution in [3.63, 3.8) is 0 Å². The molecule has 1 N–H and O–H groups in total. The minimum absolute atomic E-state index is 0.0375. The second-order valence-electron chi connectivity index (χ2n) is 6.90. The summed E-state index contributed by atoms with van der Waals surface area (Å²) in [6, 6.07) is 15.9. The number of halogens is 1. The monoisotopic (exact) mass is 372 g/mol. The minimum atomic E-state index is 0.0375. The quantitative estimate of drug-likeness (QED) is 0.867. The maximum Gasteiger partial charge on any atom is 0.251 e. The predicted molar refractivity (Wildman–Crippen MR) is 102 cm³/mol. The van der Waals surface area contributed by atoms with Crippen LogP contribution in [0.5, 0.6) is 0 Å². The van der Waals surface area contributed by atoms with Gasteiger partial charge in [-0.05, 0) is 73.8 Å². The van der Waals surface area contributed by atoms with Crippen LogP contribution in [0.4, 0.5) is 0 Å². The standard InChI is InChI=1S/C20H21ClN2OS/c21-16-3-7-19(8-4-16)25-18-5-1-15(2-6-18)20(24)22-17-11-14-9-10-23(12-14)13-17/h1-8,14,17H,9-13H2,(H,22,24). The van der Waals surface area contributed by atoms with E-state index in [9.17, 15) is 4.79 Å². The Bertz CT molecular complexity index is 735. The van der Waals surface area contributed by atoms with Crippen molar-refractivity contribution in [3.05, 3.63) is 59.1 Å². The van der Waals surface area contributed by atoms with Gasteiger partial charge in [-0.25, -0.2) is 0 Å². The zero-order valence-electron chi connectivity index (χ0n) is 14.0. The summed E-state index contributed by atoms with van der Waals surface area (Å²) in [5.41, 5.74) is 0.730. The fraction of sp³-hybridized carbons (Fsp3) is 0.350. The molecule has 1 amide bonds. The number of fused-ring (bicyclic) bond motifs is 2. The summed E-state index contributed by atoms with van der Waals surface area (Å²) >= 11 is 7.58. The Hall–Kier alpha value is -1.49. The van der Waals surface area contributed by atoms with Crippen LogP contribution < -0.4 is 5.32 Å². The Morgan fingerprint density at radius 3 is 2.40 bits per heavy atom. The highest BCUT2D eigenvalue weighted by molar-refractivity contribution is 7.99. The van der Waals surface area contributed by atoms with E-state index in [1.54, 1.807) is 11.8 Å². The summed E-state index contributed by atoms with van der Waals surface area (Å²) in [6.07, 6.45) is 2.40. The van der Waals surface area contributed by atoms with E-state index >= 15 is 0 Å². The van der Waals surface area contributed by atoms with Gasteiger partial charge in [-0.2, -0.15) is 0 Å². The van der Waals surface area contributed by atoms with Gasteiger partial charge in [0.05, 0.1) is 0 Å². The summed E-state index contributed by atoms with van der Waals surface area (Å²) in [5.74, 6) is 0.799. The third kappa shape index (κ3) is 4.20. The fourth-order valence-electron chi connectivity index (χ4n) is 3.75. The van der Waals surface area contributed by atoms with Crippen LogP contribution in [0.2, 0.25) is 5.02 Å². The SMILES string of the molecule is O=C(NC1CC2CCN(C2)C1)c1ccc(Sc2ccc(Cl)cc2)cc1. The number of hydrogen-bond donors (Lipinski definition) is 1. The molecule has 4 rings (SSSR count). The number of carbonyl (C=O) groups excluding carboxylic acids is 1. The second-order valence-corrected chi connectivity index (χ2v) is 8.48. The van der Waals surface area contributed by atoms with Crippen LogP contribution in [0, 0.1) is 5.92 Å². The van der Waals surface area contributed by atoms with E-state index < -0.39 is 0 Å². The average molecular weight is 373 g/mol. The first kappa shape index (κ1) is 17.0. The summed E-state index contributed by atoms with van der Waals surface area (Å²) in [4.78, 5) is 17.2. The van der Waals surface area contributed by atoms with Crippen LogP contribution >= 0.6 is 23.4 Å². The van der Waals surface area contributed by atoms with E-state index in [-0.39, 0.29) is 11.9 Å². The van der Waals surface area contributed by atoms with E-state index in [1.165, 1.54) is 19.5 Å². The lowest BCUT2D eigenvalue weighted by atomic mass is 9.96. The summed E-state index contributed by atoms with van der Waals surface area (Å²) in [6.45, 7) is 3.39. The normalized spacial score (nSPS) is 24.9. The van der Waals surface area contributed by atoms with Gasteiger partial charge in [-0.1, -0.05) is 23.4 Å². The Morgan fingerprint density at radius 1 is 1.04 bits per heavy atom. The molecule has 2 heterocycles. The van der Waals surface area contributed by atoms with Gasteiger partial charge in [-0.15, -0.1) is 0 Å².